The van der Waals surface area contributed by atoms with Crippen molar-refractivity contribution in [3.8, 4) is 34.3 Å². The maximum Gasteiger partial charge on any atom is 0.251 e. The van der Waals surface area contributed by atoms with Crippen LogP contribution in [0.25, 0.3) is 44.6 Å². The summed E-state index contributed by atoms with van der Waals surface area (Å²) >= 11 is 0. The topological polar surface area (TPSA) is 170 Å². The molecule has 3 atom stereocenters. The van der Waals surface area contributed by atoms with Crippen molar-refractivity contribution < 1.29 is 29.6 Å². The predicted molar refractivity (Wildman–Crippen MR) is 292 cm³/mol. The highest BCUT2D eigenvalue weighted by Gasteiger charge is 2.35. The Labute approximate surface area is 433 Å². The van der Waals surface area contributed by atoms with E-state index in [1.807, 2.05) is 112 Å². The van der Waals surface area contributed by atoms with E-state index in [2.05, 4.69) is 52.4 Å². The highest BCUT2D eigenvalue weighted by atomic mass is 16.5. The van der Waals surface area contributed by atoms with Crippen LogP contribution in [0, 0.1) is 19.8 Å². The molecule has 2 saturated heterocycles. The molecule has 2 aliphatic rings. The maximum atomic E-state index is 13.4. The molecule has 2 fully saturated rings. The van der Waals surface area contributed by atoms with E-state index in [-0.39, 0.29) is 35.4 Å². The monoisotopic (exact) mass is 995 g/mol. The number of aromatic hydroxyl groups is 2. The number of amides is 1. The van der Waals surface area contributed by atoms with Crippen molar-refractivity contribution in [1.82, 2.24) is 30.2 Å². The number of aliphatic hydroxyl groups excluding tert-OH is 1. The Hall–Kier alpha value is -7.49. The third kappa shape index (κ3) is 12.6. The second kappa shape index (κ2) is 24.0. The van der Waals surface area contributed by atoms with E-state index < -0.39 is 6.10 Å². The number of para-hydroxylation sites is 2. The molecule has 14 heteroatoms. The second-order valence-corrected chi connectivity index (χ2v) is 19.7. The summed E-state index contributed by atoms with van der Waals surface area (Å²) in [5.74, 6) is 2.87. The van der Waals surface area contributed by atoms with Crippen LogP contribution < -0.4 is 15.1 Å². The number of hydrogen-bond acceptors (Lipinski definition) is 13. The van der Waals surface area contributed by atoms with E-state index in [0.717, 1.165) is 69.8 Å². The molecule has 0 spiro atoms. The van der Waals surface area contributed by atoms with E-state index in [1.165, 1.54) is 5.56 Å². The molecule has 0 unspecified atom stereocenters. The standard InChI is InChI=1S/C33H38N4O4.C27H28N4O2/c1-22(2)17-30(39)33(40)37-16-15-36(19-25(37)21-41-20-24-9-5-4-6-10-24)32-26-14-13-23(3)18-28(26)34-31(35-32)27-11-7-8-12-29(27)38;1-19-11-12-22-24(15-19)29-26(23-9-5-6-10-25(23)32)30-27(22)31-14-13-28-21(16-31)18-33-17-20-7-3-2-4-8-20/h4-14,18,22,25,30,38-39H,15-17,19-21H2,1-3H3;2-12,15,21,28,32H,13-14,16-18H2,1H3/t25-,30-;21-/m11/s1. The normalized spacial score (nSPS) is 16.3. The zero-order chi connectivity index (χ0) is 51.6. The lowest BCUT2D eigenvalue weighted by Gasteiger charge is -2.43. The van der Waals surface area contributed by atoms with E-state index in [0.29, 0.717) is 75.3 Å². The number of nitrogens with zero attached hydrogens (tertiary/aromatic N) is 7. The average Bonchev–Trinajstić information content (AvgIpc) is 3.41. The molecular formula is C60H66N8O6. The van der Waals surface area contributed by atoms with Gasteiger partial charge in [0.05, 0.1) is 54.6 Å². The van der Waals surface area contributed by atoms with Crippen molar-refractivity contribution in [1.29, 1.82) is 0 Å². The van der Waals surface area contributed by atoms with Gasteiger partial charge in [-0.15, -0.1) is 0 Å². The minimum absolute atomic E-state index is 0.118. The number of benzene rings is 6. The molecule has 0 bridgehead atoms. The number of hydrogen-bond donors (Lipinski definition) is 4. The highest BCUT2D eigenvalue weighted by Crippen LogP contribution is 2.35. The maximum absolute atomic E-state index is 13.4. The van der Waals surface area contributed by atoms with Gasteiger partial charge in [-0.2, -0.15) is 0 Å². The Kier molecular flexibility index (Phi) is 16.7. The Morgan fingerprint density at radius 3 is 1.65 bits per heavy atom. The average molecular weight is 995 g/mol. The van der Waals surface area contributed by atoms with E-state index in [9.17, 15) is 20.1 Å². The van der Waals surface area contributed by atoms with Crippen molar-refractivity contribution in [2.75, 3.05) is 62.3 Å². The van der Waals surface area contributed by atoms with Gasteiger partial charge in [-0.05, 0) is 97.0 Å². The number of ether oxygens (including phenoxy) is 2. The number of carbonyl (C=O) groups excluding carboxylic acids is 1. The van der Waals surface area contributed by atoms with Gasteiger partial charge in [0.25, 0.3) is 5.91 Å². The van der Waals surface area contributed by atoms with Crippen LogP contribution in [0.3, 0.4) is 0 Å². The molecule has 0 aliphatic carbocycles. The molecule has 0 saturated carbocycles. The number of anilines is 2. The van der Waals surface area contributed by atoms with Gasteiger partial charge in [0.2, 0.25) is 0 Å². The van der Waals surface area contributed by atoms with Gasteiger partial charge in [0.15, 0.2) is 11.6 Å². The smallest absolute Gasteiger partial charge is 0.251 e. The zero-order valence-electron chi connectivity index (χ0n) is 42.6. The van der Waals surface area contributed by atoms with E-state index >= 15 is 0 Å². The molecule has 8 aromatic rings. The Morgan fingerprint density at radius 1 is 0.622 bits per heavy atom. The van der Waals surface area contributed by atoms with Crippen molar-refractivity contribution in [2.24, 2.45) is 5.92 Å². The fraction of sp³-hybridized carbons (Fsp3) is 0.317. The zero-order valence-corrected chi connectivity index (χ0v) is 42.6. The molecule has 2 aliphatic heterocycles. The molecule has 14 nitrogen and oxygen atoms in total. The third-order valence-corrected chi connectivity index (χ3v) is 13.4. The number of aryl methyl sites for hydroxylation is 2. The lowest BCUT2D eigenvalue weighted by molar-refractivity contribution is -0.145. The van der Waals surface area contributed by atoms with Gasteiger partial charge in [0.1, 0.15) is 29.2 Å². The van der Waals surface area contributed by atoms with Crippen molar-refractivity contribution >= 4 is 39.3 Å². The van der Waals surface area contributed by atoms with Crippen LogP contribution in [0.1, 0.15) is 42.5 Å². The highest BCUT2D eigenvalue weighted by molar-refractivity contribution is 5.93. The first-order valence-corrected chi connectivity index (χ1v) is 25.6. The number of piperazine rings is 2. The number of fused-ring (bicyclic) bond motifs is 2. The summed E-state index contributed by atoms with van der Waals surface area (Å²) in [7, 11) is 0. The molecule has 6 aromatic carbocycles. The summed E-state index contributed by atoms with van der Waals surface area (Å²) in [6.07, 6.45) is -0.634. The fourth-order valence-electron chi connectivity index (χ4n) is 9.62. The van der Waals surface area contributed by atoms with Gasteiger partial charge < -0.3 is 44.8 Å². The molecular weight excluding hydrogens is 929 g/mol. The first kappa shape index (κ1) is 51.4. The number of aliphatic hydroxyl groups is 1. The van der Waals surface area contributed by atoms with Crippen LogP contribution >= 0.6 is 0 Å². The number of rotatable bonds is 15. The quantitative estimate of drug-likeness (QED) is 0.0768. The molecule has 10 rings (SSSR count). The van der Waals surface area contributed by atoms with Crippen molar-refractivity contribution in [3.05, 3.63) is 168 Å². The lowest BCUT2D eigenvalue weighted by Crippen LogP contribution is -2.59. The fourth-order valence-corrected chi connectivity index (χ4v) is 9.62. The number of aromatic nitrogens is 4. The van der Waals surface area contributed by atoms with Crippen LogP contribution in [-0.4, -0.2) is 117 Å². The van der Waals surface area contributed by atoms with Crippen LogP contribution in [0.4, 0.5) is 11.6 Å². The lowest BCUT2D eigenvalue weighted by atomic mass is 10.0. The number of phenolic OH excluding ortho intramolecular Hbond substituents is 2. The summed E-state index contributed by atoms with van der Waals surface area (Å²) in [4.78, 5) is 39.1. The number of nitrogens with one attached hydrogen (secondary N) is 1. The summed E-state index contributed by atoms with van der Waals surface area (Å²) in [5, 5.41) is 37.2. The molecule has 2 aromatic heterocycles. The van der Waals surface area contributed by atoms with Crippen LogP contribution in [0.2, 0.25) is 0 Å². The van der Waals surface area contributed by atoms with Crippen molar-refractivity contribution in [3.63, 3.8) is 0 Å². The van der Waals surface area contributed by atoms with Gasteiger partial charge in [-0.3, -0.25) is 4.79 Å². The van der Waals surface area contributed by atoms with Crippen LogP contribution in [0.5, 0.6) is 11.5 Å². The van der Waals surface area contributed by atoms with Gasteiger partial charge in [-0.25, -0.2) is 19.9 Å². The Morgan fingerprint density at radius 2 is 1.12 bits per heavy atom. The molecule has 1 amide bonds. The van der Waals surface area contributed by atoms with Gasteiger partial charge in [0, 0.05) is 56.1 Å². The molecule has 74 heavy (non-hydrogen) atoms. The largest absolute Gasteiger partial charge is 0.507 e. The molecule has 4 N–H and O–H groups in total. The molecule has 382 valence electrons. The predicted octanol–water partition coefficient (Wildman–Crippen LogP) is 9.26. The summed E-state index contributed by atoms with van der Waals surface area (Å²) in [5.41, 5.74) is 7.32. The summed E-state index contributed by atoms with van der Waals surface area (Å²) in [6.45, 7) is 14.0. The molecule has 4 heterocycles. The van der Waals surface area contributed by atoms with Gasteiger partial charge >= 0.3 is 0 Å². The minimum Gasteiger partial charge on any atom is -0.507 e. The van der Waals surface area contributed by atoms with Crippen molar-refractivity contribution in [2.45, 2.75) is 65.5 Å². The summed E-state index contributed by atoms with van der Waals surface area (Å²) in [6, 6.07) is 46.7. The first-order chi connectivity index (χ1) is 36.0. The SMILES string of the molecule is Cc1ccc2c(N3CCN(C(=O)[C@H](O)CC(C)C)[C@@H](COCc4ccccc4)C3)nc(-c3ccccc3O)nc2c1.Cc1ccc2c(N3CCN[C@@H](COCc4ccccc4)C3)nc(-c3ccccc3O)nc2c1. The van der Waals surface area contributed by atoms with E-state index in [4.69, 9.17) is 29.4 Å². The molecule has 0 radical (unpaired) electrons. The van der Waals surface area contributed by atoms with Crippen LogP contribution in [-0.2, 0) is 27.5 Å². The second-order valence-electron chi connectivity index (χ2n) is 19.7. The third-order valence-electron chi connectivity index (χ3n) is 13.4. The van der Waals surface area contributed by atoms with Gasteiger partial charge in [-0.1, -0.05) is 111 Å². The minimum atomic E-state index is -1.05. The Bertz CT molecular complexity index is 3160. The summed E-state index contributed by atoms with van der Waals surface area (Å²) < 4.78 is 12.1. The Balaban J connectivity index is 0.000000186. The van der Waals surface area contributed by atoms with E-state index in [1.54, 1.807) is 29.2 Å². The van der Waals surface area contributed by atoms with Crippen LogP contribution in [0.15, 0.2) is 146 Å². The number of phenols is 2. The number of carbonyl (C=O) groups is 1. The first-order valence-electron chi connectivity index (χ1n) is 25.6.